The van der Waals surface area contributed by atoms with Crippen LogP contribution in [-0.4, -0.2) is 53.1 Å². The Kier molecular flexibility index (Phi) is 6.21. The fraction of sp³-hybridized carbons (Fsp3) is 0.417. The van der Waals surface area contributed by atoms with E-state index in [2.05, 4.69) is 10.1 Å². The Labute approximate surface area is 187 Å². The van der Waals surface area contributed by atoms with Crippen LogP contribution in [0.2, 0.25) is 0 Å². The van der Waals surface area contributed by atoms with Crippen molar-refractivity contribution >= 4 is 11.9 Å². The van der Waals surface area contributed by atoms with Crippen LogP contribution in [-0.2, 0) is 11.2 Å². The number of rotatable bonds is 5. The molecule has 0 atom stereocenters. The van der Waals surface area contributed by atoms with Crippen LogP contribution in [0.5, 0.6) is 0 Å². The normalized spacial score (nSPS) is 14.6. The monoisotopic (exact) mass is 437 g/mol. The van der Waals surface area contributed by atoms with Gasteiger partial charge in [-0.2, -0.15) is 0 Å². The number of hydrogen-bond donors (Lipinski definition) is 0. The molecule has 8 heteroatoms. The zero-order chi connectivity index (χ0) is 22.8. The highest BCUT2D eigenvalue weighted by Gasteiger charge is 2.28. The lowest BCUT2D eigenvalue weighted by atomic mass is 9.88. The van der Waals surface area contributed by atoms with Crippen molar-refractivity contribution in [1.29, 1.82) is 0 Å². The second kappa shape index (κ2) is 9.06. The number of aryl methyl sites for hydroxylation is 2. The molecule has 0 bridgehead atoms. The minimum absolute atomic E-state index is 0.0730. The third-order valence-corrected chi connectivity index (χ3v) is 6.11. The van der Waals surface area contributed by atoms with Gasteiger partial charge in [-0.15, -0.1) is 0 Å². The molecule has 0 saturated carbocycles. The third kappa shape index (κ3) is 4.35. The Morgan fingerprint density at radius 2 is 1.91 bits per heavy atom. The van der Waals surface area contributed by atoms with E-state index in [-0.39, 0.29) is 17.6 Å². The van der Waals surface area contributed by atoms with Crippen molar-refractivity contribution in [2.45, 2.75) is 39.0 Å². The lowest BCUT2D eigenvalue weighted by Gasteiger charge is -2.33. The maximum atomic E-state index is 14.6. The van der Waals surface area contributed by atoms with Gasteiger partial charge in [0.25, 0.3) is 0 Å². The van der Waals surface area contributed by atoms with Gasteiger partial charge in [0.15, 0.2) is 0 Å². The predicted octanol–water partition coefficient (Wildman–Crippen LogP) is 3.90. The van der Waals surface area contributed by atoms with E-state index in [1.165, 1.54) is 6.07 Å². The topological polar surface area (TPSA) is 75.4 Å². The number of nitrogens with zero attached hydrogens (tertiary/aromatic N) is 5. The zero-order valence-electron chi connectivity index (χ0n) is 18.9. The second-order valence-electron chi connectivity index (χ2n) is 8.48. The number of carbonyl (C=O) groups excluding carboxylic acids is 1. The molecule has 0 spiro atoms. The van der Waals surface area contributed by atoms with Crippen molar-refractivity contribution in [2.75, 3.05) is 32.1 Å². The van der Waals surface area contributed by atoms with Crippen molar-refractivity contribution in [3.63, 3.8) is 0 Å². The molecule has 168 valence electrons. The van der Waals surface area contributed by atoms with Crippen LogP contribution in [0.3, 0.4) is 0 Å². The van der Waals surface area contributed by atoms with Crippen LogP contribution in [0.1, 0.15) is 41.5 Å². The standard InChI is InChI=1S/C24H28FN5O2/c1-15-19(16(2)32-28-15)13-22(31)30-11-9-17(10-12-30)23-20(14-26-24(27-23)29(3)4)18-7-5-6-8-21(18)25/h5-8,14,17H,9-13H2,1-4H3. The highest BCUT2D eigenvalue weighted by atomic mass is 19.1. The number of aromatic nitrogens is 3. The molecule has 1 aromatic carbocycles. The molecular weight excluding hydrogens is 409 g/mol. The Morgan fingerprint density at radius 1 is 1.19 bits per heavy atom. The van der Waals surface area contributed by atoms with E-state index in [1.807, 2.05) is 43.8 Å². The number of anilines is 1. The highest BCUT2D eigenvalue weighted by molar-refractivity contribution is 5.79. The van der Waals surface area contributed by atoms with Crippen molar-refractivity contribution in [1.82, 2.24) is 20.0 Å². The van der Waals surface area contributed by atoms with E-state index in [1.54, 1.807) is 18.3 Å². The summed E-state index contributed by atoms with van der Waals surface area (Å²) >= 11 is 0. The average molecular weight is 438 g/mol. The fourth-order valence-electron chi connectivity index (χ4n) is 4.22. The van der Waals surface area contributed by atoms with Gasteiger partial charge in [-0.05, 0) is 32.8 Å². The van der Waals surface area contributed by atoms with Crippen LogP contribution >= 0.6 is 0 Å². The predicted molar refractivity (Wildman–Crippen MR) is 120 cm³/mol. The quantitative estimate of drug-likeness (QED) is 0.603. The van der Waals surface area contributed by atoms with Gasteiger partial charge in [-0.25, -0.2) is 14.4 Å². The van der Waals surface area contributed by atoms with Crippen LogP contribution in [0.15, 0.2) is 35.0 Å². The molecular formula is C24H28FN5O2. The maximum Gasteiger partial charge on any atom is 0.227 e. The first-order valence-electron chi connectivity index (χ1n) is 10.8. The van der Waals surface area contributed by atoms with Crippen molar-refractivity contribution < 1.29 is 13.7 Å². The smallest absolute Gasteiger partial charge is 0.227 e. The molecule has 3 heterocycles. The van der Waals surface area contributed by atoms with E-state index in [0.717, 1.165) is 29.8 Å². The first kappa shape index (κ1) is 21.9. The van der Waals surface area contributed by atoms with Gasteiger partial charge in [0.05, 0.1) is 17.8 Å². The molecule has 32 heavy (non-hydrogen) atoms. The van der Waals surface area contributed by atoms with Crippen LogP contribution in [0.4, 0.5) is 10.3 Å². The third-order valence-electron chi connectivity index (χ3n) is 6.11. The molecule has 1 amide bonds. The molecule has 0 aliphatic carbocycles. The van der Waals surface area contributed by atoms with Gasteiger partial charge in [0.2, 0.25) is 11.9 Å². The Bertz CT molecular complexity index is 1100. The molecule has 0 radical (unpaired) electrons. The average Bonchev–Trinajstić information content (AvgIpc) is 3.11. The van der Waals surface area contributed by atoms with Gasteiger partial charge in [-0.1, -0.05) is 23.4 Å². The molecule has 0 unspecified atom stereocenters. The largest absolute Gasteiger partial charge is 0.361 e. The number of halogens is 1. The lowest BCUT2D eigenvalue weighted by Crippen LogP contribution is -2.39. The number of likely N-dealkylation sites (tertiary alicyclic amines) is 1. The van der Waals surface area contributed by atoms with E-state index < -0.39 is 0 Å². The Morgan fingerprint density at radius 3 is 2.53 bits per heavy atom. The minimum atomic E-state index is -0.290. The highest BCUT2D eigenvalue weighted by Crippen LogP contribution is 2.35. The summed E-state index contributed by atoms with van der Waals surface area (Å²) in [6.45, 7) is 4.94. The number of benzene rings is 1. The number of hydrogen-bond acceptors (Lipinski definition) is 6. The minimum Gasteiger partial charge on any atom is -0.361 e. The molecule has 7 nitrogen and oxygen atoms in total. The molecule has 1 fully saturated rings. The first-order valence-corrected chi connectivity index (χ1v) is 10.8. The number of carbonyl (C=O) groups is 1. The molecule has 4 rings (SSSR count). The first-order chi connectivity index (χ1) is 15.3. The number of amides is 1. The van der Waals surface area contributed by atoms with Gasteiger partial charge in [0.1, 0.15) is 11.6 Å². The van der Waals surface area contributed by atoms with Gasteiger partial charge in [0, 0.05) is 56.0 Å². The molecule has 1 aliphatic rings. The van der Waals surface area contributed by atoms with Crippen LogP contribution in [0.25, 0.3) is 11.1 Å². The molecule has 2 aromatic heterocycles. The van der Waals surface area contributed by atoms with Gasteiger partial charge < -0.3 is 14.3 Å². The van der Waals surface area contributed by atoms with E-state index in [4.69, 9.17) is 9.51 Å². The Balaban J connectivity index is 1.54. The zero-order valence-corrected chi connectivity index (χ0v) is 18.9. The van der Waals surface area contributed by atoms with Gasteiger partial charge >= 0.3 is 0 Å². The molecule has 0 N–H and O–H groups in total. The summed E-state index contributed by atoms with van der Waals surface area (Å²) in [6, 6.07) is 6.71. The molecule has 1 saturated heterocycles. The van der Waals surface area contributed by atoms with Crippen LogP contribution in [0, 0.1) is 19.7 Å². The summed E-state index contributed by atoms with van der Waals surface area (Å²) in [6.07, 6.45) is 3.53. The van der Waals surface area contributed by atoms with Crippen LogP contribution < -0.4 is 4.90 Å². The summed E-state index contributed by atoms with van der Waals surface area (Å²) in [4.78, 5) is 25.8. The Hall–Kier alpha value is -3.29. The van der Waals surface area contributed by atoms with E-state index in [0.29, 0.717) is 42.3 Å². The van der Waals surface area contributed by atoms with E-state index >= 15 is 0 Å². The summed E-state index contributed by atoms with van der Waals surface area (Å²) in [7, 11) is 3.77. The van der Waals surface area contributed by atoms with E-state index in [9.17, 15) is 9.18 Å². The van der Waals surface area contributed by atoms with Gasteiger partial charge in [-0.3, -0.25) is 4.79 Å². The van der Waals surface area contributed by atoms with Crippen molar-refractivity contribution in [3.05, 3.63) is 59.0 Å². The lowest BCUT2D eigenvalue weighted by molar-refractivity contribution is -0.131. The summed E-state index contributed by atoms with van der Waals surface area (Å²) in [5.74, 6) is 1.19. The second-order valence-corrected chi connectivity index (χ2v) is 8.48. The maximum absolute atomic E-state index is 14.6. The van der Waals surface area contributed by atoms with Crippen molar-refractivity contribution in [2.24, 2.45) is 0 Å². The SMILES string of the molecule is Cc1noc(C)c1CC(=O)N1CCC(c2nc(N(C)C)ncc2-c2ccccc2F)CC1. The fourth-order valence-corrected chi connectivity index (χ4v) is 4.22. The summed E-state index contributed by atoms with van der Waals surface area (Å²) in [5.41, 5.74) is 3.69. The number of piperidine rings is 1. The summed E-state index contributed by atoms with van der Waals surface area (Å²) in [5, 5.41) is 3.94. The van der Waals surface area contributed by atoms with Crippen molar-refractivity contribution in [3.8, 4) is 11.1 Å². The summed E-state index contributed by atoms with van der Waals surface area (Å²) < 4.78 is 19.7. The molecule has 1 aliphatic heterocycles. The molecule has 3 aromatic rings.